The maximum absolute atomic E-state index is 13.1. The Morgan fingerprint density at radius 3 is 2.20 bits per heavy atom. The smallest absolute Gasteiger partial charge is 0.344 e. The molecule has 8 nitrogen and oxygen atoms in total. The lowest BCUT2D eigenvalue weighted by atomic mass is 9.87. The first-order chi connectivity index (χ1) is 14.4. The second-order valence-corrected chi connectivity index (χ2v) is 7.10. The third-order valence-corrected chi connectivity index (χ3v) is 5.09. The molecule has 5 amide bonds. The minimum atomic E-state index is -1.23. The molecular weight excluding hydrogens is 384 g/mol. The van der Waals surface area contributed by atoms with Gasteiger partial charge in [0.05, 0.1) is 12.5 Å². The largest absolute Gasteiger partial charge is 0.349 e. The molecule has 2 atom stereocenters. The quantitative estimate of drug-likeness (QED) is 0.610. The van der Waals surface area contributed by atoms with Crippen molar-refractivity contribution in [2.75, 3.05) is 0 Å². The van der Waals surface area contributed by atoms with Gasteiger partial charge in [0.2, 0.25) is 11.8 Å². The van der Waals surface area contributed by atoms with Crippen LogP contribution < -0.4 is 16.1 Å². The van der Waals surface area contributed by atoms with E-state index in [1.165, 1.54) is 6.92 Å². The number of carbonyl (C=O) groups excluding carboxylic acids is 4. The molecule has 1 fully saturated rings. The number of hydrogen-bond acceptors (Lipinski definition) is 4. The number of rotatable bonds is 7. The molecule has 3 N–H and O–H groups in total. The van der Waals surface area contributed by atoms with Crippen LogP contribution >= 0.6 is 0 Å². The highest BCUT2D eigenvalue weighted by molar-refractivity contribution is 6.08. The Balaban J connectivity index is 1.76. The number of benzene rings is 2. The van der Waals surface area contributed by atoms with Gasteiger partial charge in [-0.15, -0.1) is 0 Å². The molecule has 1 heterocycles. The highest BCUT2D eigenvalue weighted by Crippen LogP contribution is 2.31. The first-order valence-corrected chi connectivity index (χ1v) is 9.71. The summed E-state index contributed by atoms with van der Waals surface area (Å²) in [4.78, 5) is 49.8. The molecule has 156 valence electrons. The van der Waals surface area contributed by atoms with E-state index in [9.17, 15) is 19.2 Å². The van der Waals surface area contributed by atoms with Crippen molar-refractivity contribution in [1.82, 2.24) is 21.1 Å². The van der Waals surface area contributed by atoms with Crippen LogP contribution in [0.3, 0.4) is 0 Å². The molecule has 0 saturated carbocycles. The van der Waals surface area contributed by atoms with Crippen molar-refractivity contribution in [3.05, 3.63) is 71.8 Å². The van der Waals surface area contributed by atoms with Crippen LogP contribution in [0.1, 0.15) is 43.9 Å². The van der Waals surface area contributed by atoms with Crippen LogP contribution in [0.5, 0.6) is 0 Å². The molecule has 0 bridgehead atoms. The Hall–Kier alpha value is -3.68. The average Bonchev–Trinajstić information content (AvgIpc) is 2.99. The predicted octanol–water partition coefficient (Wildman–Crippen LogP) is 2.14. The van der Waals surface area contributed by atoms with E-state index in [1.54, 1.807) is 55.5 Å². The Kier molecular flexibility index (Phi) is 6.15. The topological polar surface area (TPSA) is 108 Å². The molecule has 30 heavy (non-hydrogen) atoms. The number of carbonyl (C=O) groups is 4. The van der Waals surface area contributed by atoms with Crippen molar-refractivity contribution in [2.45, 2.75) is 38.3 Å². The summed E-state index contributed by atoms with van der Waals surface area (Å²) in [5.41, 5.74) is 2.54. The summed E-state index contributed by atoms with van der Waals surface area (Å²) in [5, 5.41) is 6.15. The number of nitrogens with one attached hydrogen (secondary N) is 3. The molecule has 0 radical (unpaired) electrons. The molecule has 0 spiro atoms. The Morgan fingerprint density at radius 2 is 1.63 bits per heavy atom. The highest BCUT2D eigenvalue weighted by Gasteiger charge is 2.52. The minimum Gasteiger partial charge on any atom is -0.349 e. The van der Waals surface area contributed by atoms with E-state index in [0.29, 0.717) is 17.0 Å². The third kappa shape index (κ3) is 4.17. The zero-order valence-electron chi connectivity index (χ0n) is 16.8. The van der Waals surface area contributed by atoms with Crippen LogP contribution in [0.25, 0.3) is 0 Å². The van der Waals surface area contributed by atoms with Crippen LogP contribution in [0, 0.1) is 0 Å². The van der Waals surface area contributed by atoms with Gasteiger partial charge in [-0.05, 0) is 17.5 Å². The summed E-state index contributed by atoms with van der Waals surface area (Å²) >= 11 is 0. The van der Waals surface area contributed by atoms with Gasteiger partial charge in [-0.25, -0.2) is 4.79 Å². The van der Waals surface area contributed by atoms with Gasteiger partial charge in [-0.1, -0.05) is 67.6 Å². The summed E-state index contributed by atoms with van der Waals surface area (Å²) in [7, 11) is 0. The monoisotopic (exact) mass is 408 g/mol. The van der Waals surface area contributed by atoms with Gasteiger partial charge in [-0.2, -0.15) is 5.01 Å². The summed E-state index contributed by atoms with van der Waals surface area (Å²) in [6.07, 6.45) is 0.192. The van der Waals surface area contributed by atoms with Crippen LogP contribution in [-0.4, -0.2) is 28.8 Å². The molecule has 1 aliphatic heterocycles. The van der Waals surface area contributed by atoms with Gasteiger partial charge in [0.25, 0.3) is 5.91 Å². The Bertz CT molecular complexity index is 948. The van der Waals surface area contributed by atoms with E-state index in [1.807, 2.05) is 12.1 Å². The molecule has 0 unspecified atom stereocenters. The number of imide groups is 1. The Labute approximate surface area is 174 Å². The average molecular weight is 408 g/mol. The van der Waals surface area contributed by atoms with Crippen LogP contribution in [0.4, 0.5) is 4.79 Å². The zero-order chi connectivity index (χ0) is 21.7. The lowest BCUT2D eigenvalue weighted by molar-refractivity contribution is -0.139. The van der Waals surface area contributed by atoms with E-state index in [-0.39, 0.29) is 12.3 Å². The minimum absolute atomic E-state index is 0.134. The lowest BCUT2D eigenvalue weighted by Gasteiger charge is -2.25. The molecule has 1 aliphatic rings. The standard InChI is InChI=1S/C22H24N4O4/c1-3-22(17-12-8-5-9-13-17)20(29)26(21(30)24-22)25-19(28)14-18(23-15(2)27)16-10-6-4-7-11-16/h4-13,18H,3,14H2,1-2H3,(H,23,27)(H,24,30)(H,25,28)/t18-,22-/m0/s1. The first kappa shape index (κ1) is 21.0. The summed E-state index contributed by atoms with van der Waals surface area (Å²) in [6, 6.07) is 16.6. The van der Waals surface area contributed by atoms with E-state index < -0.39 is 29.4 Å². The number of urea groups is 1. The zero-order valence-corrected chi connectivity index (χ0v) is 16.8. The van der Waals surface area contributed by atoms with Gasteiger partial charge in [-0.3, -0.25) is 19.8 Å². The summed E-state index contributed by atoms with van der Waals surface area (Å²) < 4.78 is 0. The number of hydrazine groups is 1. The van der Waals surface area contributed by atoms with E-state index >= 15 is 0 Å². The van der Waals surface area contributed by atoms with Crippen molar-refractivity contribution in [1.29, 1.82) is 0 Å². The second kappa shape index (κ2) is 8.77. The maximum atomic E-state index is 13.1. The fourth-order valence-electron chi connectivity index (χ4n) is 3.58. The first-order valence-electron chi connectivity index (χ1n) is 9.71. The predicted molar refractivity (Wildman–Crippen MR) is 110 cm³/mol. The SMILES string of the molecule is CC[C@@]1(c2ccccc2)NC(=O)N(NC(=O)C[C@H](NC(C)=O)c2ccccc2)C1=O. The van der Waals surface area contributed by atoms with E-state index in [2.05, 4.69) is 16.1 Å². The normalized spacial score (nSPS) is 19.2. The lowest BCUT2D eigenvalue weighted by Crippen LogP contribution is -2.49. The molecule has 2 aromatic carbocycles. The summed E-state index contributed by atoms with van der Waals surface area (Å²) in [5.74, 6) is -1.41. The number of nitrogens with zero attached hydrogens (tertiary/aromatic N) is 1. The molecule has 2 aromatic rings. The Morgan fingerprint density at radius 1 is 1.03 bits per heavy atom. The molecule has 3 rings (SSSR count). The van der Waals surface area contributed by atoms with Crippen molar-refractivity contribution in [3.8, 4) is 0 Å². The van der Waals surface area contributed by atoms with Gasteiger partial charge in [0, 0.05) is 6.92 Å². The van der Waals surface area contributed by atoms with Crippen molar-refractivity contribution >= 4 is 23.8 Å². The van der Waals surface area contributed by atoms with Gasteiger partial charge < -0.3 is 10.6 Å². The van der Waals surface area contributed by atoms with Crippen molar-refractivity contribution in [3.63, 3.8) is 0 Å². The van der Waals surface area contributed by atoms with Crippen LogP contribution in [0.2, 0.25) is 0 Å². The van der Waals surface area contributed by atoms with Gasteiger partial charge >= 0.3 is 6.03 Å². The molecule has 0 aromatic heterocycles. The maximum Gasteiger partial charge on any atom is 0.344 e. The fourth-order valence-corrected chi connectivity index (χ4v) is 3.58. The van der Waals surface area contributed by atoms with E-state index in [4.69, 9.17) is 0 Å². The number of hydrogen-bond donors (Lipinski definition) is 3. The van der Waals surface area contributed by atoms with Crippen LogP contribution in [-0.2, 0) is 19.9 Å². The molecule has 1 saturated heterocycles. The van der Waals surface area contributed by atoms with Gasteiger partial charge in [0.15, 0.2) is 0 Å². The number of amides is 5. The summed E-state index contributed by atoms with van der Waals surface area (Å²) in [6.45, 7) is 3.15. The second-order valence-electron chi connectivity index (χ2n) is 7.10. The molecular formula is C22H24N4O4. The van der Waals surface area contributed by atoms with E-state index in [0.717, 1.165) is 5.56 Å². The fraction of sp³-hybridized carbons (Fsp3) is 0.273. The molecule has 0 aliphatic carbocycles. The highest BCUT2D eigenvalue weighted by atomic mass is 16.2. The van der Waals surface area contributed by atoms with Crippen molar-refractivity contribution in [2.24, 2.45) is 0 Å². The van der Waals surface area contributed by atoms with Crippen LogP contribution in [0.15, 0.2) is 60.7 Å². The van der Waals surface area contributed by atoms with Gasteiger partial charge in [0.1, 0.15) is 5.54 Å². The van der Waals surface area contributed by atoms with Crippen molar-refractivity contribution < 1.29 is 19.2 Å². The third-order valence-electron chi connectivity index (χ3n) is 5.09. The molecule has 8 heteroatoms.